The summed E-state index contributed by atoms with van der Waals surface area (Å²) >= 11 is 0. The average molecular weight is 283 g/mol. The number of hydrogen-bond donors (Lipinski definition) is 0. The molecule has 0 aliphatic rings. The minimum Gasteiger partial charge on any atom is -0.436 e. The molecular weight excluding hydrogens is 273 g/mol. The third-order valence-electron chi connectivity index (χ3n) is 2.91. The molecule has 0 amide bonds. The van der Waals surface area contributed by atoms with E-state index in [0.717, 1.165) is 11.8 Å². The van der Waals surface area contributed by atoms with E-state index in [1.165, 1.54) is 23.0 Å². The molecule has 0 spiro atoms. The normalized spacial score (nSPS) is 10.5. The van der Waals surface area contributed by atoms with Crippen molar-refractivity contribution in [2.75, 3.05) is 0 Å². The second-order valence-electron chi connectivity index (χ2n) is 4.27. The molecule has 3 aromatic rings. The zero-order valence-electron chi connectivity index (χ0n) is 11.1. The highest BCUT2D eigenvalue weighted by atomic mass is 19.1. The van der Waals surface area contributed by atoms with Crippen LogP contribution in [0.1, 0.15) is 18.2 Å². The molecule has 0 N–H and O–H groups in total. The summed E-state index contributed by atoms with van der Waals surface area (Å²) < 4.78 is 20.8. The van der Waals surface area contributed by atoms with Crippen molar-refractivity contribution in [1.29, 1.82) is 5.26 Å². The monoisotopic (exact) mass is 283 g/mol. The molecule has 0 saturated carbocycles. The summed E-state index contributed by atoms with van der Waals surface area (Å²) in [5, 5.41) is 12.7. The smallest absolute Gasteiger partial charge is 0.255 e. The lowest BCUT2D eigenvalue weighted by molar-refractivity contribution is 0.414. The second-order valence-corrected chi connectivity index (χ2v) is 4.27. The van der Waals surface area contributed by atoms with Gasteiger partial charge in [0.2, 0.25) is 5.88 Å². The molecule has 0 aliphatic carbocycles. The van der Waals surface area contributed by atoms with Crippen LogP contribution in [0.3, 0.4) is 0 Å². The molecule has 0 bridgehead atoms. The molecule has 0 unspecified atom stereocenters. The van der Waals surface area contributed by atoms with Gasteiger partial charge in [-0.15, -0.1) is 0 Å². The van der Waals surface area contributed by atoms with E-state index in [-0.39, 0.29) is 11.3 Å². The number of nitriles is 1. The van der Waals surface area contributed by atoms with Gasteiger partial charge in [-0.25, -0.2) is 9.37 Å². The van der Waals surface area contributed by atoms with E-state index >= 15 is 0 Å². The number of rotatable bonds is 3. The molecule has 0 atom stereocenters. The van der Waals surface area contributed by atoms with Gasteiger partial charge in [-0.3, -0.25) is 0 Å². The molecular formula is C14H10FN5O. The number of aromatic nitrogens is 4. The minimum absolute atomic E-state index is 0.0130. The molecule has 0 saturated heterocycles. The summed E-state index contributed by atoms with van der Waals surface area (Å²) in [6.07, 6.45) is 2.04. The molecule has 0 fully saturated rings. The maximum absolute atomic E-state index is 13.9. The number of aryl methyl sites for hydroxylation is 1. The Bertz CT molecular complexity index is 852. The highest BCUT2D eigenvalue weighted by Gasteiger charge is 2.12. The van der Waals surface area contributed by atoms with Gasteiger partial charge >= 0.3 is 0 Å². The van der Waals surface area contributed by atoms with Crippen molar-refractivity contribution < 1.29 is 9.13 Å². The topological polar surface area (TPSA) is 76.1 Å². The molecule has 0 radical (unpaired) electrons. The number of fused-ring (bicyclic) bond motifs is 1. The van der Waals surface area contributed by atoms with Gasteiger partial charge in [0.1, 0.15) is 6.33 Å². The van der Waals surface area contributed by atoms with E-state index in [1.54, 1.807) is 6.07 Å². The first kappa shape index (κ1) is 13.0. The van der Waals surface area contributed by atoms with Gasteiger partial charge in [-0.1, -0.05) is 6.92 Å². The van der Waals surface area contributed by atoms with Gasteiger partial charge in [0.15, 0.2) is 11.6 Å². The van der Waals surface area contributed by atoms with E-state index in [0.29, 0.717) is 18.1 Å². The fraction of sp³-hybridized carbons (Fsp3) is 0.143. The molecule has 21 heavy (non-hydrogen) atoms. The molecule has 7 heteroatoms. The average Bonchev–Trinajstić information content (AvgIpc) is 2.97. The first-order valence-electron chi connectivity index (χ1n) is 6.28. The van der Waals surface area contributed by atoms with Crippen LogP contribution in [-0.2, 0) is 6.42 Å². The van der Waals surface area contributed by atoms with Crippen LogP contribution in [-0.4, -0.2) is 19.6 Å². The van der Waals surface area contributed by atoms with E-state index in [9.17, 15) is 4.39 Å². The zero-order chi connectivity index (χ0) is 14.8. The van der Waals surface area contributed by atoms with E-state index in [4.69, 9.17) is 10.00 Å². The van der Waals surface area contributed by atoms with E-state index in [1.807, 2.05) is 13.0 Å². The Labute approximate surface area is 119 Å². The number of hydrogen-bond acceptors (Lipinski definition) is 5. The van der Waals surface area contributed by atoms with Crippen LogP contribution < -0.4 is 4.74 Å². The van der Waals surface area contributed by atoms with Crippen LogP contribution in [0.2, 0.25) is 0 Å². The lowest BCUT2D eigenvalue weighted by Gasteiger charge is -2.09. The predicted octanol–water partition coefficient (Wildman–Crippen LogP) is 2.49. The molecule has 1 aromatic carbocycles. The van der Waals surface area contributed by atoms with Gasteiger partial charge in [-0.2, -0.15) is 19.9 Å². The Morgan fingerprint density at radius 3 is 2.95 bits per heavy atom. The zero-order valence-corrected chi connectivity index (χ0v) is 11.1. The van der Waals surface area contributed by atoms with Crippen LogP contribution in [0, 0.1) is 17.1 Å². The number of halogens is 1. The molecule has 3 rings (SSSR count). The Kier molecular flexibility index (Phi) is 3.20. The van der Waals surface area contributed by atoms with Crippen LogP contribution in [0.4, 0.5) is 4.39 Å². The Morgan fingerprint density at radius 2 is 2.24 bits per heavy atom. The first-order valence-corrected chi connectivity index (χ1v) is 6.28. The maximum Gasteiger partial charge on any atom is 0.255 e. The Morgan fingerprint density at radius 1 is 1.38 bits per heavy atom. The summed E-state index contributed by atoms with van der Waals surface area (Å²) in [6.45, 7) is 1.95. The lowest BCUT2D eigenvalue weighted by atomic mass is 10.2. The summed E-state index contributed by atoms with van der Waals surface area (Å²) in [5.41, 5.74) is 0.995. The highest BCUT2D eigenvalue weighted by Crippen LogP contribution is 2.25. The van der Waals surface area contributed by atoms with Gasteiger partial charge in [0.05, 0.1) is 11.6 Å². The standard InChI is InChI=1S/C14H10FN5O/c1-2-10-6-13(20-14(19-10)17-8-18-20)21-12-4-3-9(7-16)5-11(12)15/h3-6,8H,2H2,1H3. The Balaban J connectivity index is 2.05. The number of nitrogens with zero attached hydrogens (tertiary/aromatic N) is 5. The lowest BCUT2D eigenvalue weighted by Crippen LogP contribution is -2.01. The van der Waals surface area contributed by atoms with Crippen molar-refractivity contribution in [3.05, 3.63) is 47.7 Å². The maximum atomic E-state index is 13.9. The van der Waals surface area contributed by atoms with Crippen LogP contribution in [0.15, 0.2) is 30.6 Å². The summed E-state index contributed by atoms with van der Waals surface area (Å²) in [7, 11) is 0. The van der Waals surface area contributed by atoms with Gasteiger partial charge < -0.3 is 4.74 Å². The third-order valence-corrected chi connectivity index (χ3v) is 2.91. The van der Waals surface area contributed by atoms with Gasteiger partial charge in [0.25, 0.3) is 5.78 Å². The van der Waals surface area contributed by atoms with Crippen molar-refractivity contribution in [1.82, 2.24) is 19.6 Å². The summed E-state index contributed by atoms with van der Waals surface area (Å²) in [6, 6.07) is 7.56. The predicted molar refractivity (Wildman–Crippen MR) is 71.3 cm³/mol. The summed E-state index contributed by atoms with van der Waals surface area (Å²) in [4.78, 5) is 8.28. The summed E-state index contributed by atoms with van der Waals surface area (Å²) in [5.74, 6) is 0.104. The molecule has 2 aromatic heterocycles. The quantitative estimate of drug-likeness (QED) is 0.738. The van der Waals surface area contributed by atoms with E-state index < -0.39 is 5.82 Å². The van der Waals surface area contributed by atoms with Crippen molar-refractivity contribution in [2.45, 2.75) is 13.3 Å². The highest BCUT2D eigenvalue weighted by molar-refractivity contribution is 5.39. The fourth-order valence-electron chi connectivity index (χ4n) is 1.85. The van der Waals surface area contributed by atoms with E-state index in [2.05, 4.69) is 15.1 Å². The van der Waals surface area contributed by atoms with Gasteiger partial charge in [0, 0.05) is 11.8 Å². The number of benzene rings is 1. The molecule has 6 nitrogen and oxygen atoms in total. The van der Waals surface area contributed by atoms with Crippen LogP contribution >= 0.6 is 0 Å². The van der Waals surface area contributed by atoms with Gasteiger partial charge in [-0.05, 0) is 24.6 Å². The first-order chi connectivity index (χ1) is 10.2. The largest absolute Gasteiger partial charge is 0.436 e. The molecule has 104 valence electrons. The Hall–Kier alpha value is -3.01. The number of ether oxygens (including phenoxy) is 1. The van der Waals surface area contributed by atoms with Crippen molar-refractivity contribution in [2.24, 2.45) is 0 Å². The van der Waals surface area contributed by atoms with Crippen molar-refractivity contribution >= 4 is 5.78 Å². The van der Waals surface area contributed by atoms with Crippen LogP contribution in [0.5, 0.6) is 11.6 Å². The molecule has 2 heterocycles. The SMILES string of the molecule is CCc1cc(Oc2ccc(C#N)cc2F)n2ncnc2n1. The fourth-order valence-corrected chi connectivity index (χ4v) is 1.85. The van der Waals surface area contributed by atoms with Crippen molar-refractivity contribution in [3.8, 4) is 17.7 Å². The van der Waals surface area contributed by atoms with Crippen LogP contribution in [0.25, 0.3) is 5.78 Å². The third kappa shape index (κ3) is 2.39. The second kappa shape index (κ2) is 5.17. The minimum atomic E-state index is -0.614. The molecule has 0 aliphatic heterocycles. The van der Waals surface area contributed by atoms with Crippen molar-refractivity contribution in [3.63, 3.8) is 0 Å².